The molecular formula is C12H13ClN2S2. The van der Waals surface area contributed by atoms with Crippen LogP contribution in [0.1, 0.15) is 12.8 Å². The lowest BCUT2D eigenvalue weighted by Gasteiger charge is -2.13. The molecule has 0 aliphatic heterocycles. The average Bonchev–Trinajstić information content (AvgIpc) is 3.03. The minimum absolute atomic E-state index is 0.398. The summed E-state index contributed by atoms with van der Waals surface area (Å²) < 4.78 is 3.37. The Labute approximate surface area is 114 Å². The highest BCUT2D eigenvalue weighted by atomic mass is 35.5. The Kier molecular flexibility index (Phi) is 2.76. The number of nitrogens with one attached hydrogen (secondary N) is 1. The third kappa shape index (κ3) is 2.02. The van der Waals surface area contributed by atoms with Crippen molar-refractivity contribution in [2.45, 2.75) is 24.1 Å². The highest BCUT2D eigenvalue weighted by Gasteiger charge is 2.42. The number of fused-ring (bicyclic) bond motifs is 1. The monoisotopic (exact) mass is 284 g/mol. The van der Waals surface area contributed by atoms with Crippen molar-refractivity contribution in [3.05, 3.63) is 28.0 Å². The van der Waals surface area contributed by atoms with E-state index < -0.39 is 0 Å². The molecule has 1 saturated carbocycles. The second kappa shape index (κ2) is 4.04. The lowest BCUT2D eigenvalue weighted by molar-refractivity contribution is 0.670. The number of imidazole rings is 1. The van der Waals surface area contributed by atoms with Crippen LogP contribution in [-0.4, -0.2) is 20.6 Å². The fourth-order valence-corrected chi connectivity index (χ4v) is 3.34. The summed E-state index contributed by atoms with van der Waals surface area (Å²) in [5.41, 5.74) is 2.18. The Balaban J connectivity index is 2.11. The number of H-pyrrole nitrogens is 1. The second-order valence-corrected chi connectivity index (χ2v) is 6.66. The molecule has 0 amide bonds. The first-order chi connectivity index (χ1) is 8.13. The van der Waals surface area contributed by atoms with Gasteiger partial charge in [-0.15, -0.1) is 0 Å². The molecule has 1 N–H and O–H groups in total. The molecule has 0 bridgehead atoms. The topological polar surface area (TPSA) is 20.7 Å². The lowest BCUT2D eigenvalue weighted by atomic mass is 10.3. The van der Waals surface area contributed by atoms with Gasteiger partial charge in [0.25, 0.3) is 0 Å². The van der Waals surface area contributed by atoms with Crippen molar-refractivity contribution < 1.29 is 0 Å². The SMILES string of the molecule is CSC1(Cn2c(=S)[nH]c3ccc(Cl)cc32)CC1. The number of rotatable bonds is 3. The fraction of sp³-hybridized carbons (Fsp3) is 0.417. The molecule has 1 aromatic heterocycles. The van der Waals surface area contributed by atoms with Crippen LogP contribution in [0.25, 0.3) is 11.0 Å². The van der Waals surface area contributed by atoms with Crippen LogP contribution in [0.3, 0.4) is 0 Å². The van der Waals surface area contributed by atoms with E-state index in [0.29, 0.717) is 4.75 Å². The van der Waals surface area contributed by atoms with Gasteiger partial charge in [-0.1, -0.05) is 11.6 Å². The van der Waals surface area contributed by atoms with Gasteiger partial charge >= 0.3 is 0 Å². The molecule has 1 aliphatic carbocycles. The first-order valence-corrected chi connectivity index (χ1v) is 7.58. The maximum atomic E-state index is 6.05. The van der Waals surface area contributed by atoms with Gasteiger partial charge < -0.3 is 9.55 Å². The number of hydrogen-bond acceptors (Lipinski definition) is 2. The van der Waals surface area contributed by atoms with Crippen LogP contribution in [0.2, 0.25) is 5.02 Å². The Morgan fingerprint density at radius 1 is 1.53 bits per heavy atom. The van der Waals surface area contributed by atoms with Gasteiger partial charge in [-0.2, -0.15) is 11.8 Å². The summed E-state index contributed by atoms with van der Waals surface area (Å²) in [6, 6.07) is 5.86. The van der Waals surface area contributed by atoms with Crippen molar-refractivity contribution in [3.8, 4) is 0 Å². The zero-order valence-electron chi connectivity index (χ0n) is 9.50. The minimum atomic E-state index is 0.398. The number of aromatic nitrogens is 2. The van der Waals surface area contributed by atoms with E-state index in [9.17, 15) is 0 Å². The van der Waals surface area contributed by atoms with Crippen LogP contribution in [0.5, 0.6) is 0 Å². The zero-order chi connectivity index (χ0) is 12.0. The van der Waals surface area contributed by atoms with Gasteiger partial charge in [-0.05, 0) is 49.5 Å². The highest BCUT2D eigenvalue weighted by Crippen LogP contribution is 2.48. The first kappa shape index (κ1) is 11.6. The van der Waals surface area contributed by atoms with E-state index in [-0.39, 0.29) is 0 Å². The summed E-state index contributed by atoms with van der Waals surface area (Å²) in [6.07, 6.45) is 4.74. The smallest absolute Gasteiger partial charge is 0.178 e. The van der Waals surface area contributed by atoms with Crippen molar-refractivity contribution in [3.63, 3.8) is 0 Å². The molecule has 1 heterocycles. The molecule has 0 spiro atoms. The van der Waals surface area contributed by atoms with Gasteiger partial charge in [-0.3, -0.25) is 0 Å². The number of thioether (sulfide) groups is 1. The van der Waals surface area contributed by atoms with Gasteiger partial charge in [0.05, 0.1) is 11.0 Å². The standard InChI is InChI=1S/C12H13ClN2S2/c1-17-12(4-5-12)7-15-10-6-8(13)2-3-9(10)14-11(15)16/h2-3,6H,4-5,7H2,1H3,(H,14,16). The summed E-state index contributed by atoms with van der Waals surface area (Å²) in [5, 5.41) is 0.759. The van der Waals surface area contributed by atoms with Crippen molar-refractivity contribution >= 4 is 46.6 Å². The molecule has 2 aromatic rings. The van der Waals surface area contributed by atoms with Crippen LogP contribution < -0.4 is 0 Å². The molecule has 17 heavy (non-hydrogen) atoms. The maximum absolute atomic E-state index is 6.05. The first-order valence-electron chi connectivity index (χ1n) is 5.57. The predicted octanol–water partition coefficient (Wildman–Crippen LogP) is 4.25. The molecule has 1 aromatic carbocycles. The average molecular weight is 285 g/mol. The summed E-state index contributed by atoms with van der Waals surface area (Å²) in [4.78, 5) is 3.24. The van der Waals surface area contributed by atoms with Crippen molar-refractivity contribution in [1.29, 1.82) is 0 Å². The Morgan fingerprint density at radius 2 is 2.29 bits per heavy atom. The maximum Gasteiger partial charge on any atom is 0.178 e. The minimum Gasteiger partial charge on any atom is -0.331 e. The zero-order valence-corrected chi connectivity index (χ0v) is 11.9. The third-order valence-corrected chi connectivity index (χ3v) is 5.39. The molecule has 0 atom stereocenters. The summed E-state index contributed by atoms with van der Waals surface area (Å²) in [6.45, 7) is 0.980. The van der Waals surface area contributed by atoms with Gasteiger partial charge in [0.1, 0.15) is 0 Å². The van der Waals surface area contributed by atoms with Crippen LogP contribution in [0.4, 0.5) is 0 Å². The Morgan fingerprint density at radius 3 is 2.94 bits per heavy atom. The predicted molar refractivity (Wildman–Crippen MR) is 77.6 cm³/mol. The van der Waals surface area contributed by atoms with E-state index in [1.165, 1.54) is 12.8 Å². The van der Waals surface area contributed by atoms with Crippen LogP contribution in [0.15, 0.2) is 18.2 Å². The van der Waals surface area contributed by atoms with E-state index in [4.69, 9.17) is 23.8 Å². The third-order valence-electron chi connectivity index (χ3n) is 3.42. The molecule has 0 saturated heterocycles. The molecule has 0 radical (unpaired) electrons. The Hall–Kier alpha value is -0.450. The molecule has 5 heteroatoms. The largest absolute Gasteiger partial charge is 0.331 e. The number of halogens is 1. The van der Waals surface area contributed by atoms with Crippen LogP contribution in [-0.2, 0) is 6.54 Å². The van der Waals surface area contributed by atoms with Gasteiger partial charge in [0, 0.05) is 16.3 Å². The van der Waals surface area contributed by atoms with Crippen LogP contribution >= 0.6 is 35.6 Å². The van der Waals surface area contributed by atoms with E-state index in [0.717, 1.165) is 27.4 Å². The molecule has 90 valence electrons. The van der Waals surface area contributed by atoms with Crippen molar-refractivity contribution in [2.75, 3.05) is 6.26 Å². The normalized spacial score (nSPS) is 17.5. The van der Waals surface area contributed by atoms with Crippen molar-refractivity contribution in [2.24, 2.45) is 0 Å². The second-order valence-electron chi connectivity index (χ2n) is 4.56. The summed E-state index contributed by atoms with van der Waals surface area (Å²) in [5.74, 6) is 0. The van der Waals surface area contributed by atoms with E-state index >= 15 is 0 Å². The number of hydrogen-bond donors (Lipinski definition) is 1. The van der Waals surface area contributed by atoms with E-state index in [2.05, 4.69) is 15.8 Å². The van der Waals surface area contributed by atoms with Crippen molar-refractivity contribution in [1.82, 2.24) is 9.55 Å². The summed E-state index contributed by atoms with van der Waals surface area (Å²) >= 11 is 13.4. The molecular weight excluding hydrogens is 272 g/mol. The molecule has 1 aliphatic rings. The summed E-state index contributed by atoms with van der Waals surface area (Å²) in [7, 11) is 0. The molecule has 3 rings (SSSR count). The molecule has 1 fully saturated rings. The van der Waals surface area contributed by atoms with Gasteiger partial charge in [0.2, 0.25) is 0 Å². The fourth-order valence-electron chi connectivity index (χ4n) is 2.14. The van der Waals surface area contributed by atoms with Gasteiger partial charge in [0.15, 0.2) is 4.77 Å². The number of nitrogens with zero attached hydrogens (tertiary/aromatic N) is 1. The van der Waals surface area contributed by atoms with Gasteiger partial charge in [-0.25, -0.2) is 0 Å². The highest BCUT2D eigenvalue weighted by molar-refractivity contribution is 8.00. The van der Waals surface area contributed by atoms with Crippen LogP contribution in [0, 0.1) is 4.77 Å². The molecule has 2 nitrogen and oxygen atoms in total. The lowest BCUT2D eigenvalue weighted by Crippen LogP contribution is -2.13. The quantitative estimate of drug-likeness (QED) is 0.851. The van der Waals surface area contributed by atoms with E-state index in [1.807, 2.05) is 30.0 Å². The number of aromatic amines is 1. The molecule has 0 unspecified atom stereocenters. The van der Waals surface area contributed by atoms with E-state index in [1.54, 1.807) is 0 Å². The Bertz CT molecular complexity index is 625. The number of benzene rings is 1.